The van der Waals surface area contributed by atoms with Crippen LogP contribution in [0.3, 0.4) is 0 Å². The molecular weight excluding hydrogens is 1300 g/mol. The number of rotatable bonds is 10. The summed E-state index contributed by atoms with van der Waals surface area (Å²) in [5, 5.41) is 14.9. The molecule has 19 aromatic rings. The van der Waals surface area contributed by atoms with Gasteiger partial charge in [-0.1, -0.05) is 380 Å². The minimum absolute atomic E-state index is 0.306. The smallest absolute Gasteiger partial charge is 0.0159 e. The van der Waals surface area contributed by atoms with Crippen LogP contribution in [0.25, 0.3) is 198 Å². The molecule has 0 unspecified atom stereocenters. The van der Waals surface area contributed by atoms with Crippen LogP contribution < -0.4 is 0 Å². The fourth-order valence-corrected chi connectivity index (χ4v) is 19.3. The maximum Gasteiger partial charge on any atom is 0.0159 e. The van der Waals surface area contributed by atoms with E-state index in [0.717, 1.165) is 0 Å². The molecule has 0 amide bonds. The molecule has 2 aliphatic rings. The van der Waals surface area contributed by atoms with Crippen LogP contribution >= 0.6 is 0 Å². The van der Waals surface area contributed by atoms with E-state index in [1.54, 1.807) is 0 Å². The zero-order valence-electron chi connectivity index (χ0n) is 60.8. The van der Waals surface area contributed by atoms with Gasteiger partial charge in [-0.3, -0.25) is 0 Å². The van der Waals surface area contributed by atoms with Crippen LogP contribution in [0, 0.1) is 0 Å². The van der Waals surface area contributed by atoms with Gasteiger partial charge in [0.25, 0.3) is 0 Å². The summed E-state index contributed by atoms with van der Waals surface area (Å²) in [6.07, 6.45) is 0. The van der Waals surface area contributed by atoms with E-state index in [0.29, 0.717) is 0 Å². The van der Waals surface area contributed by atoms with Gasteiger partial charge in [-0.15, -0.1) is 0 Å². The Bertz CT molecular complexity index is 6900. The maximum atomic E-state index is 2.56. The quantitative estimate of drug-likeness (QED) is 0.120. The number of hydrogen-bond donors (Lipinski definition) is 0. The van der Waals surface area contributed by atoms with Crippen molar-refractivity contribution in [3.05, 3.63) is 398 Å². The van der Waals surface area contributed by atoms with E-state index in [1.165, 1.54) is 220 Å². The monoisotopic (exact) mass is 1370 g/mol. The van der Waals surface area contributed by atoms with Crippen LogP contribution in [-0.4, -0.2) is 0 Å². The first kappa shape index (κ1) is 63.2. The second-order valence-electron chi connectivity index (χ2n) is 30.7. The SMILES string of the molecule is CC1(C)c2cc(-c3ccc4c(c3)C(C)(C)c3cc(-c5c6cccc(-c7ccccc7)c6c(-c6ccccc6)c6cccc(-c7ccccc7)c56)ccc3-4)ccc2-c2ccc(-c3c4ccccc4c(-c4c5ccccc5c(-c5ccccc5)c5c(-c6ccccc6)cccc45)c4cccc(-c5ccccc5)c34)cc21. The topological polar surface area (TPSA) is 0 Å². The lowest BCUT2D eigenvalue weighted by Gasteiger charge is -2.25. The summed E-state index contributed by atoms with van der Waals surface area (Å²) in [4.78, 5) is 0. The van der Waals surface area contributed by atoms with Crippen LogP contribution in [0.2, 0.25) is 0 Å². The molecule has 0 heteroatoms. The van der Waals surface area contributed by atoms with Crippen molar-refractivity contribution in [2.45, 2.75) is 38.5 Å². The second-order valence-corrected chi connectivity index (χ2v) is 30.7. The van der Waals surface area contributed by atoms with Crippen molar-refractivity contribution in [3.8, 4) is 134 Å². The van der Waals surface area contributed by atoms with E-state index < -0.39 is 0 Å². The summed E-state index contributed by atoms with van der Waals surface area (Å²) >= 11 is 0. The number of fused-ring (bicyclic) bond motifs is 12. The molecule has 0 atom stereocenters. The highest BCUT2D eigenvalue weighted by Crippen LogP contribution is 2.59. The molecule has 0 aliphatic heterocycles. The van der Waals surface area contributed by atoms with E-state index in [-0.39, 0.29) is 10.8 Å². The van der Waals surface area contributed by atoms with Crippen molar-refractivity contribution in [2.24, 2.45) is 0 Å². The largest absolute Gasteiger partial charge is 0.0622 e. The second kappa shape index (κ2) is 24.7. The molecule has 506 valence electrons. The van der Waals surface area contributed by atoms with Crippen LogP contribution in [0.15, 0.2) is 376 Å². The van der Waals surface area contributed by atoms with Crippen LogP contribution in [-0.2, 0) is 10.8 Å². The van der Waals surface area contributed by atoms with Crippen LogP contribution in [0.4, 0.5) is 0 Å². The minimum atomic E-state index is -0.322. The first-order valence-corrected chi connectivity index (χ1v) is 38.0. The molecule has 0 radical (unpaired) electrons. The lowest BCUT2D eigenvalue weighted by molar-refractivity contribution is 0.660. The molecule has 0 spiro atoms. The van der Waals surface area contributed by atoms with Crippen molar-refractivity contribution in [2.75, 3.05) is 0 Å². The molecule has 0 saturated heterocycles. The molecule has 21 rings (SSSR count). The molecule has 0 nitrogen and oxygen atoms in total. The highest BCUT2D eigenvalue weighted by molar-refractivity contribution is 6.33. The summed E-state index contributed by atoms with van der Waals surface area (Å²) in [5.41, 5.74) is 34.6. The molecule has 0 bridgehead atoms. The van der Waals surface area contributed by atoms with Crippen molar-refractivity contribution >= 4 is 64.6 Å². The standard InChI is InChI=1S/C108H74/c1-107(2)93-63-73(74-56-60-82-84-62-58-76(66-96(84)108(3,4)94(82)64-74)100-90-52-28-47-77(67-31-11-5-12-32-67)101(90)98(72-41-21-10-22-42-72)89-51-27-48-78(102(89)100)68-33-13-6-14-34-68)55-59-81(93)83-61-57-75(65-95(83)107)99-86-44-24-26-46-88(86)106(92-54-30-50-80(104(92)99)70-37-17-8-18-38-70)105-87-45-25-23-43-85(87)97(71-39-19-9-20-40-71)103-79(49-29-53-91(103)105)69-35-15-7-16-36-69/h5-66H,1-4H3. The summed E-state index contributed by atoms with van der Waals surface area (Å²) < 4.78 is 0. The van der Waals surface area contributed by atoms with Gasteiger partial charge in [-0.25, -0.2) is 0 Å². The molecule has 0 fully saturated rings. The fourth-order valence-electron chi connectivity index (χ4n) is 19.3. The normalized spacial score (nSPS) is 13.1. The van der Waals surface area contributed by atoms with E-state index in [9.17, 15) is 0 Å². The number of hydrogen-bond acceptors (Lipinski definition) is 0. The third-order valence-corrected chi connectivity index (χ3v) is 24.2. The van der Waals surface area contributed by atoms with Crippen LogP contribution in [0.5, 0.6) is 0 Å². The molecule has 0 N–H and O–H groups in total. The molecule has 0 heterocycles. The number of benzene rings is 19. The third kappa shape index (κ3) is 9.63. The Morgan fingerprint density at radius 3 is 0.639 bits per heavy atom. The zero-order chi connectivity index (χ0) is 71.9. The average Bonchev–Trinajstić information content (AvgIpc) is 0.841. The van der Waals surface area contributed by atoms with E-state index >= 15 is 0 Å². The highest BCUT2D eigenvalue weighted by atomic mass is 14.4. The lowest BCUT2D eigenvalue weighted by atomic mass is 9.77. The van der Waals surface area contributed by atoms with Gasteiger partial charge in [0.1, 0.15) is 0 Å². The molecule has 108 heavy (non-hydrogen) atoms. The van der Waals surface area contributed by atoms with Gasteiger partial charge in [0, 0.05) is 10.8 Å². The zero-order valence-corrected chi connectivity index (χ0v) is 60.8. The Morgan fingerprint density at radius 2 is 0.343 bits per heavy atom. The predicted molar refractivity (Wildman–Crippen MR) is 461 cm³/mol. The van der Waals surface area contributed by atoms with Gasteiger partial charge in [0.05, 0.1) is 0 Å². The molecule has 0 saturated carbocycles. The summed E-state index contributed by atoms with van der Waals surface area (Å²) in [6, 6.07) is 142. The van der Waals surface area contributed by atoms with Gasteiger partial charge >= 0.3 is 0 Å². The van der Waals surface area contributed by atoms with Crippen molar-refractivity contribution in [1.29, 1.82) is 0 Å². The lowest BCUT2D eigenvalue weighted by Crippen LogP contribution is -2.15. The fraction of sp³-hybridized carbons (Fsp3) is 0.0556. The molecule has 2 aliphatic carbocycles. The Balaban J connectivity index is 0.699. The van der Waals surface area contributed by atoms with Crippen molar-refractivity contribution in [3.63, 3.8) is 0 Å². The van der Waals surface area contributed by atoms with E-state index in [2.05, 4.69) is 404 Å². The molecule has 19 aromatic carbocycles. The van der Waals surface area contributed by atoms with E-state index in [1.807, 2.05) is 0 Å². The van der Waals surface area contributed by atoms with Gasteiger partial charge < -0.3 is 0 Å². The molecule has 0 aromatic heterocycles. The van der Waals surface area contributed by atoms with Crippen molar-refractivity contribution in [1.82, 2.24) is 0 Å². The minimum Gasteiger partial charge on any atom is -0.0622 e. The first-order valence-electron chi connectivity index (χ1n) is 38.0. The Morgan fingerprint density at radius 1 is 0.139 bits per heavy atom. The molecular formula is C108H74. The first-order chi connectivity index (χ1) is 53.2. The van der Waals surface area contributed by atoms with Gasteiger partial charge in [0.15, 0.2) is 0 Å². The Hall–Kier alpha value is -13.3. The average molecular weight is 1370 g/mol. The van der Waals surface area contributed by atoms with E-state index in [4.69, 9.17) is 0 Å². The predicted octanol–water partition coefficient (Wildman–Crippen LogP) is 29.9. The Labute approximate surface area is 630 Å². The van der Waals surface area contributed by atoms with Crippen LogP contribution in [0.1, 0.15) is 49.9 Å². The summed E-state index contributed by atoms with van der Waals surface area (Å²) in [5.74, 6) is 0. The van der Waals surface area contributed by atoms with Crippen molar-refractivity contribution < 1.29 is 0 Å². The Kier molecular flexibility index (Phi) is 14.5. The summed E-state index contributed by atoms with van der Waals surface area (Å²) in [6.45, 7) is 9.79. The highest BCUT2D eigenvalue weighted by Gasteiger charge is 2.39. The maximum absolute atomic E-state index is 2.56. The van der Waals surface area contributed by atoms with Gasteiger partial charge in [0.2, 0.25) is 0 Å². The van der Waals surface area contributed by atoms with Gasteiger partial charge in [-0.2, -0.15) is 0 Å². The third-order valence-electron chi connectivity index (χ3n) is 24.2. The summed E-state index contributed by atoms with van der Waals surface area (Å²) in [7, 11) is 0. The van der Waals surface area contributed by atoms with Gasteiger partial charge in [-0.05, 0) is 245 Å².